The smallest absolute Gasteiger partial charge is 0.253 e. The molecule has 0 radical (unpaired) electrons. The summed E-state index contributed by atoms with van der Waals surface area (Å²) in [6, 6.07) is 6.46. The van der Waals surface area contributed by atoms with Crippen LogP contribution in [0.15, 0.2) is 24.3 Å². The van der Waals surface area contributed by atoms with Crippen LogP contribution in [-0.4, -0.2) is 38.8 Å². The summed E-state index contributed by atoms with van der Waals surface area (Å²) in [5, 5.41) is 2.88. The molecule has 22 heavy (non-hydrogen) atoms. The fraction of sp³-hybridized carbons (Fsp3) is 0.533. The number of amides is 1. The second-order valence-corrected chi connectivity index (χ2v) is 7.38. The Bertz CT molecular complexity index is 624. The number of benzene rings is 1. The Morgan fingerprint density at radius 3 is 2.77 bits per heavy atom. The fourth-order valence-electron chi connectivity index (χ4n) is 2.38. The molecule has 0 aromatic heterocycles. The van der Waals surface area contributed by atoms with Gasteiger partial charge in [0.2, 0.25) is 10.0 Å². The van der Waals surface area contributed by atoms with Crippen LogP contribution in [0.3, 0.4) is 0 Å². The van der Waals surface area contributed by atoms with E-state index in [1.807, 2.05) is 6.92 Å². The molecule has 0 bridgehead atoms. The van der Waals surface area contributed by atoms with E-state index in [9.17, 15) is 13.2 Å². The van der Waals surface area contributed by atoms with Crippen molar-refractivity contribution in [3.63, 3.8) is 0 Å². The molecular formula is C15H22N2O4S. The van der Waals surface area contributed by atoms with Gasteiger partial charge in [-0.1, -0.05) is 12.1 Å². The first-order chi connectivity index (χ1) is 10.4. The Morgan fingerprint density at radius 2 is 2.14 bits per heavy atom. The highest BCUT2D eigenvalue weighted by molar-refractivity contribution is 7.92. The molecule has 0 unspecified atom stereocenters. The molecule has 2 atom stereocenters. The van der Waals surface area contributed by atoms with Crippen molar-refractivity contribution >= 4 is 21.6 Å². The molecule has 0 saturated carbocycles. The predicted octanol–water partition coefficient (Wildman–Crippen LogP) is 1.75. The van der Waals surface area contributed by atoms with E-state index in [1.165, 1.54) is 0 Å². The van der Waals surface area contributed by atoms with Crippen molar-refractivity contribution in [3.8, 4) is 0 Å². The summed E-state index contributed by atoms with van der Waals surface area (Å²) < 4.78 is 31.4. The molecule has 1 aromatic rings. The van der Waals surface area contributed by atoms with E-state index in [1.54, 1.807) is 31.2 Å². The first kappa shape index (κ1) is 16.8. The molecule has 1 aliphatic heterocycles. The van der Waals surface area contributed by atoms with Gasteiger partial charge in [0, 0.05) is 6.61 Å². The number of anilines is 1. The Hall–Kier alpha value is -1.60. The van der Waals surface area contributed by atoms with Crippen LogP contribution in [0.4, 0.5) is 5.69 Å². The summed E-state index contributed by atoms with van der Waals surface area (Å²) in [6.45, 7) is 4.16. The van der Waals surface area contributed by atoms with Crippen molar-refractivity contribution in [3.05, 3.63) is 29.8 Å². The van der Waals surface area contributed by atoms with Gasteiger partial charge in [-0.05, 0) is 38.8 Å². The van der Waals surface area contributed by atoms with E-state index >= 15 is 0 Å². The van der Waals surface area contributed by atoms with Gasteiger partial charge >= 0.3 is 0 Å². The fourth-order valence-corrected chi connectivity index (χ4v) is 3.04. The first-order valence-electron chi connectivity index (χ1n) is 7.45. The van der Waals surface area contributed by atoms with Gasteiger partial charge in [-0.3, -0.25) is 9.52 Å². The summed E-state index contributed by atoms with van der Waals surface area (Å²) >= 11 is 0. The second kappa shape index (κ2) is 7.11. The lowest BCUT2D eigenvalue weighted by Gasteiger charge is -2.21. The molecule has 7 heteroatoms. The maximum atomic E-state index is 12.4. The number of hydrogen-bond acceptors (Lipinski definition) is 4. The number of hydrogen-bond donors (Lipinski definition) is 2. The average Bonchev–Trinajstić information content (AvgIpc) is 3.01. The van der Waals surface area contributed by atoms with Crippen LogP contribution in [0.2, 0.25) is 0 Å². The third-order valence-corrected chi connectivity index (χ3v) is 4.99. The first-order valence-corrected chi connectivity index (χ1v) is 9.10. The van der Waals surface area contributed by atoms with Gasteiger partial charge < -0.3 is 10.1 Å². The number of para-hydroxylation sites is 1. The molecule has 0 spiro atoms. The molecule has 1 heterocycles. The molecule has 6 nitrogen and oxygen atoms in total. The van der Waals surface area contributed by atoms with Crippen molar-refractivity contribution in [2.45, 2.75) is 38.8 Å². The minimum atomic E-state index is -3.43. The van der Waals surface area contributed by atoms with Gasteiger partial charge in [-0.2, -0.15) is 0 Å². The number of sulfonamides is 1. The van der Waals surface area contributed by atoms with E-state index < -0.39 is 10.0 Å². The van der Waals surface area contributed by atoms with E-state index in [2.05, 4.69) is 10.0 Å². The predicted molar refractivity (Wildman–Crippen MR) is 85.4 cm³/mol. The molecule has 2 N–H and O–H groups in total. The van der Waals surface area contributed by atoms with Crippen LogP contribution >= 0.6 is 0 Å². The number of nitrogens with one attached hydrogen (secondary N) is 2. The van der Waals surface area contributed by atoms with E-state index in [0.717, 1.165) is 19.4 Å². The van der Waals surface area contributed by atoms with E-state index in [-0.39, 0.29) is 23.8 Å². The summed E-state index contributed by atoms with van der Waals surface area (Å²) in [7, 11) is -3.43. The summed E-state index contributed by atoms with van der Waals surface area (Å²) in [4.78, 5) is 12.4. The molecule has 2 rings (SSSR count). The highest BCUT2D eigenvalue weighted by atomic mass is 32.2. The van der Waals surface area contributed by atoms with Gasteiger partial charge in [-0.15, -0.1) is 0 Å². The summed E-state index contributed by atoms with van der Waals surface area (Å²) in [6.07, 6.45) is 1.94. The largest absolute Gasteiger partial charge is 0.376 e. The van der Waals surface area contributed by atoms with Crippen molar-refractivity contribution in [1.29, 1.82) is 0 Å². The Morgan fingerprint density at radius 1 is 1.41 bits per heavy atom. The normalized spacial score (nSPS) is 19.6. The van der Waals surface area contributed by atoms with Crippen LogP contribution in [0.5, 0.6) is 0 Å². The standard InChI is InChI=1S/C15H22N2O4S/c1-3-22(19,20)17-13-8-5-4-7-12(13)15(18)16-11(2)14-9-6-10-21-14/h4-5,7-8,11,14,17H,3,6,9-10H2,1-2H3,(H,16,18)/t11-,14+/m1/s1. The number of ether oxygens (including phenoxy) is 1. The zero-order valence-electron chi connectivity index (χ0n) is 12.8. The van der Waals surface area contributed by atoms with Crippen molar-refractivity contribution < 1.29 is 17.9 Å². The van der Waals surface area contributed by atoms with Crippen LogP contribution in [0, 0.1) is 0 Å². The highest BCUT2D eigenvalue weighted by Gasteiger charge is 2.25. The minimum Gasteiger partial charge on any atom is -0.376 e. The molecule has 1 saturated heterocycles. The van der Waals surface area contributed by atoms with E-state index in [4.69, 9.17) is 4.74 Å². The van der Waals surface area contributed by atoms with Gasteiger partial charge in [0.25, 0.3) is 5.91 Å². The zero-order chi connectivity index (χ0) is 16.2. The quantitative estimate of drug-likeness (QED) is 0.834. The third kappa shape index (κ3) is 4.20. The lowest BCUT2D eigenvalue weighted by Crippen LogP contribution is -2.41. The molecule has 1 aliphatic rings. The SMILES string of the molecule is CCS(=O)(=O)Nc1ccccc1C(=O)N[C@H](C)[C@@H]1CCCO1. The topological polar surface area (TPSA) is 84.5 Å². The lowest BCUT2D eigenvalue weighted by atomic mass is 10.1. The number of rotatable bonds is 6. The Labute approximate surface area is 131 Å². The van der Waals surface area contributed by atoms with Crippen molar-refractivity contribution in [2.75, 3.05) is 17.1 Å². The molecule has 1 aromatic carbocycles. The summed E-state index contributed by atoms with van der Waals surface area (Å²) in [5.41, 5.74) is 0.603. The Balaban J connectivity index is 2.12. The average molecular weight is 326 g/mol. The molecule has 1 amide bonds. The Kier molecular flexibility index (Phi) is 5.42. The van der Waals surface area contributed by atoms with Gasteiger partial charge in [0.1, 0.15) is 0 Å². The number of carbonyl (C=O) groups excluding carboxylic acids is 1. The van der Waals surface area contributed by atoms with Crippen molar-refractivity contribution in [1.82, 2.24) is 5.32 Å². The zero-order valence-corrected chi connectivity index (χ0v) is 13.7. The van der Waals surface area contributed by atoms with Crippen LogP contribution in [0.25, 0.3) is 0 Å². The molecule has 0 aliphatic carbocycles. The molecule has 1 fully saturated rings. The summed E-state index contributed by atoms with van der Waals surface area (Å²) in [5.74, 6) is -0.354. The minimum absolute atomic E-state index is 0.0171. The van der Waals surface area contributed by atoms with Crippen molar-refractivity contribution in [2.24, 2.45) is 0 Å². The van der Waals surface area contributed by atoms with Gasteiger partial charge in [0.05, 0.1) is 29.1 Å². The van der Waals surface area contributed by atoms with Crippen LogP contribution in [0.1, 0.15) is 37.0 Å². The number of carbonyl (C=O) groups is 1. The lowest BCUT2D eigenvalue weighted by molar-refractivity contribution is 0.0713. The molecular weight excluding hydrogens is 304 g/mol. The second-order valence-electron chi connectivity index (χ2n) is 5.36. The highest BCUT2D eigenvalue weighted by Crippen LogP contribution is 2.19. The van der Waals surface area contributed by atoms with Gasteiger partial charge in [0.15, 0.2) is 0 Å². The van der Waals surface area contributed by atoms with Crippen LogP contribution in [-0.2, 0) is 14.8 Å². The van der Waals surface area contributed by atoms with Crippen LogP contribution < -0.4 is 10.0 Å². The maximum absolute atomic E-state index is 12.4. The monoisotopic (exact) mass is 326 g/mol. The third-order valence-electron chi connectivity index (χ3n) is 3.70. The molecule has 122 valence electrons. The van der Waals surface area contributed by atoms with E-state index in [0.29, 0.717) is 11.3 Å². The van der Waals surface area contributed by atoms with Gasteiger partial charge in [-0.25, -0.2) is 8.42 Å². The maximum Gasteiger partial charge on any atom is 0.253 e.